The number of hydrogen-bond donors (Lipinski definition) is 0. The van der Waals surface area contributed by atoms with E-state index < -0.39 is 0 Å². The van der Waals surface area contributed by atoms with Crippen LogP contribution in [0.15, 0.2) is 33.6 Å². The van der Waals surface area contributed by atoms with Crippen molar-refractivity contribution in [3.63, 3.8) is 0 Å². The third-order valence-electron chi connectivity index (χ3n) is 2.02. The molecule has 0 aliphatic rings. The van der Waals surface area contributed by atoms with Crippen molar-refractivity contribution >= 4 is 27.7 Å². The van der Waals surface area contributed by atoms with E-state index in [1.807, 2.05) is 11.8 Å². The zero-order valence-corrected chi connectivity index (χ0v) is 11.2. The normalized spacial score (nSPS) is 10.9. The van der Waals surface area contributed by atoms with Gasteiger partial charge in [-0.2, -0.15) is 0 Å². The molecule has 0 radical (unpaired) electrons. The lowest BCUT2D eigenvalue weighted by atomic mass is 10.1. The van der Waals surface area contributed by atoms with Gasteiger partial charge >= 0.3 is 0 Å². The Kier molecular flexibility index (Phi) is 5.64. The highest BCUT2D eigenvalue weighted by molar-refractivity contribution is 9.10. The summed E-state index contributed by atoms with van der Waals surface area (Å²) in [7, 11) is 0. The van der Waals surface area contributed by atoms with Gasteiger partial charge in [-0.05, 0) is 46.2 Å². The standard InChI is InChI=1S/C12H17BrS/c1-10(2)6-5-9-14-12-8-4-3-7-11(12)13/h3-4,7-8,10H,5-6,9H2,1-2H3. The monoisotopic (exact) mass is 272 g/mol. The number of thioether (sulfide) groups is 1. The fraction of sp³-hybridized carbons (Fsp3) is 0.500. The Morgan fingerprint density at radius 3 is 2.64 bits per heavy atom. The van der Waals surface area contributed by atoms with Crippen LogP contribution in [-0.4, -0.2) is 5.75 Å². The van der Waals surface area contributed by atoms with E-state index in [1.54, 1.807) is 0 Å². The molecule has 0 aliphatic heterocycles. The van der Waals surface area contributed by atoms with Crippen molar-refractivity contribution in [2.24, 2.45) is 5.92 Å². The molecule has 2 heteroatoms. The predicted octanol–water partition coefficient (Wildman–Crippen LogP) is 4.98. The fourth-order valence-electron chi connectivity index (χ4n) is 1.24. The van der Waals surface area contributed by atoms with E-state index in [0.717, 1.165) is 5.92 Å². The largest absolute Gasteiger partial charge is 0.125 e. The van der Waals surface area contributed by atoms with Gasteiger partial charge in [-0.3, -0.25) is 0 Å². The molecule has 0 atom stereocenters. The summed E-state index contributed by atoms with van der Waals surface area (Å²) in [4.78, 5) is 1.36. The van der Waals surface area contributed by atoms with Crippen LogP contribution in [0.1, 0.15) is 26.7 Å². The van der Waals surface area contributed by atoms with Gasteiger partial charge in [0.1, 0.15) is 0 Å². The first-order valence-corrected chi connectivity index (χ1v) is 6.85. The molecule has 0 aromatic heterocycles. The maximum Gasteiger partial charge on any atom is 0.0311 e. The van der Waals surface area contributed by atoms with Crippen LogP contribution in [0.4, 0.5) is 0 Å². The zero-order valence-electron chi connectivity index (χ0n) is 8.79. The van der Waals surface area contributed by atoms with Crippen LogP contribution >= 0.6 is 27.7 Å². The van der Waals surface area contributed by atoms with Crippen molar-refractivity contribution in [1.82, 2.24) is 0 Å². The van der Waals surface area contributed by atoms with Crippen LogP contribution in [0.3, 0.4) is 0 Å². The van der Waals surface area contributed by atoms with Gasteiger partial charge < -0.3 is 0 Å². The van der Waals surface area contributed by atoms with Crippen LogP contribution in [-0.2, 0) is 0 Å². The molecule has 0 N–H and O–H groups in total. The molecule has 0 saturated carbocycles. The lowest BCUT2D eigenvalue weighted by Crippen LogP contribution is -1.88. The van der Waals surface area contributed by atoms with E-state index in [0.29, 0.717) is 0 Å². The van der Waals surface area contributed by atoms with Crippen LogP contribution in [0.2, 0.25) is 0 Å². The summed E-state index contributed by atoms with van der Waals surface area (Å²) < 4.78 is 1.22. The third-order valence-corrected chi connectivity index (χ3v) is 4.13. The van der Waals surface area contributed by atoms with Crippen molar-refractivity contribution in [3.8, 4) is 0 Å². The van der Waals surface area contributed by atoms with E-state index in [1.165, 1.54) is 28.0 Å². The summed E-state index contributed by atoms with van der Waals surface area (Å²) in [5.41, 5.74) is 0. The van der Waals surface area contributed by atoms with Crippen LogP contribution < -0.4 is 0 Å². The van der Waals surface area contributed by atoms with E-state index in [2.05, 4.69) is 54.0 Å². The summed E-state index contributed by atoms with van der Waals surface area (Å²) in [6, 6.07) is 8.42. The minimum Gasteiger partial charge on any atom is -0.125 e. The van der Waals surface area contributed by atoms with Gasteiger partial charge in [0.15, 0.2) is 0 Å². The van der Waals surface area contributed by atoms with Crippen molar-refractivity contribution in [2.75, 3.05) is 5.75 Å². The quantitative estimate of drug-likeness (QED) is 0.538. The van der Waals surface area contributed by atoms with E-state index in [4.69, 9.17) is 0 Å². The van der Waals surface area contributed by atoms with Gasteiger partial charge in [0.05, 0.1) is 0 Å². The van der Waals surface area contributed by atoms with Crippen molar-refractivity contribution in [3.05, 3.63) is 28.7 Å². The Labute approximate surface area is 99.6 Å². The molecule has 0 amide bonds. The maximum absolute atomic E-state index is 3.56. The molecule has 0 saturated heterocycles. The summed E-state index contributed by atoms with van der Waals surface area (Å²) in [5, 5.41) is 0. The molecular formula is C12H17BrS. The lowest BCUT2D eigenvalue weighted by Gasteiger charge is -2.05. The highest BCUT2D eigenvalue weighted by Gasteiger charge is 1.99. The molecule has 78 valence electrons. The summed E-state index contributed by atoms with van der Waals surface area (Å²) in [6.07, 6.45) is 2.64. The van der Waals surface area contributed by atoms with Gasteiger partial charge in [0, 0.05) is 9.37 Å². The highest BCUT2D eigenvalue weighted by atomic mass is 79.9. The molecule has 14 heavy (non-hydrogen) atoms. The van der Waals surface area contributed by atoms with Crippen molar-refractivity contribution in [2.45, 2.75) is 31.6 Å². The summed E-state index contributed by atoms with van der Waals surface area (Å²) in [6.45, 7) is 4.56. The Morgan fingerprint density at radius 2 is 2.00 bits per heavy atom. The molecule has 0 aliphatic carbocycles. The van der Waals surface area contributed by atoms with Gasteiger partial charge in [-0.1, -0.05) is 32.4 Å². The highest BCUT2D eigenvalue weighted by Crippen LogP contribution is 2.27. The van der Waals surface area contributed by atoms with Crippen LogP contribution in [0, 0.1) is 5.92 Å². The first-order valence-electron chi connectivity index (χ1n) is 5.07. The van der Waals surface area contributed by atoms with Crippen molar-refractivity contribution in [1.29, 1.82) is 0 Å². The average molecular weight is 273 g/mol. The molecule has 0 unspecified atom stereocenters. The smallest absolute Gasteiger partial charge is 0.0311 e. The Bertz CT molecular complexity index is 271. The second kappa shape index (κ2) is 6.52. The Morgan fingerprint density at radius 1 is 1.29 bits per heavy atom. The molecule has 0 bridgehead atoms. The lowest BCUT2D eigenvalue weighted by molar-refractivity contribution is 0.579. The molecule has 0 fully saturated rings. The number of rotatable bonds is 5. The van der Waals surface area contributed by atoms with Gasteiger partial charge in [0.25, 0.3) is 0 Å². The number of hydrogen-bond acceptors (Lipinski definition) is 1. The molecule has 1 rings (SSSR count). The minimum atomic E-state index is 0.829. The third kappa shape index (κ3) is 4.52. The second-order valence-corrected chi connectivity index (χ2v) is 5.81. The van der Waals surface area contributed by atoms with E-state index in [9.17, 15) is 0 Å². The van der Waals surface area contributed by atoms with E-state index in [-0.39, 0.29) is 0 Å². The SMILES string of the molecule is CC(C)CCCSc1ccccc1Br. The summed E-state index contributed by atoms with van der Waals surface area (Å²) >= 11 is 5.50. The average Bonchev–Trinajstić information content (AvgIpc) is 2.15. The first kappa shape index (κ1) is 12.1. The van der Waals surface area contributed by atoms with Crippen molar-refractivity contribution < 1.29 is 0 Å². The molecule has 0 spiro atoms. The van der Waals surface area contributed by atoms with Gasteiger partial charge in [-0.25, -0.2) is 0 Å². The Balaban J connectivity index is 2.28. The maximum atomic E-state index is 3.56. The van der Waals surface area contributed by atoms with Gasteiger partial charge in [-0.15, -0.1) is 11.8 Å². The minimum absolute atomic E-state index is 0.829. The number of benzene rings is 1. The molecule has 1 aromatic carbocycles. The second-order valence-electron chi connectivity index (χ2n) is 3.81. The van der Waals surface area contributed by atoms with Crippen LogP contribution in [0.25, 0.3) is 0 Å². The number of halogens is 1. The molecule has 0 heterocycles. The van der Waals surface area contributed by atoms with E-state index >= 15 is 0 Å². The molecule has 0 nitrogen and oxygen atoms in total. The predicted molar refractivity (Wildman–Crippen MR) is 68.9 cm³/mol. The summed E-state index contributed by atoms with van der Waals surface area (Å²) in [5.74, 6) is 2.05. The zero-order chi connectivity index (χ0) is 10.4. The Hall–Kier alpha value is 0.0500. The van der Waals surface area contributed by atoms with Crippen LogP contribution in [0.5, 0.6) is 0 Å². The topological polar surface area (TPSA) is 0 Å². The molecule has 1 aromatic rings. The van der Waals surface area contributed by atoms with Gasteiger partial charge in [0.2, 0.25) is 0 Å². The first-order chi connectivity index (χ1) is 6.70. The molecular weight excluding hydrogens is 256 g/mol. The fourth-order valence-corrected chi connectivity index (χ4v) is 2.78.